The summed E-state index contributed by atoms with van der Waals surface area (Å²) in [6.07, 6.45) is -3.28. The van der Waals surface area contributed by atoms with E-state index in [0.29, 0.717) is 0 Å². The van der Waals surface area contributed by atoms with Crippen LogP contribution in [0, 0.1) is 6.92 Å². The maximum atomic E-state index is 14.0. The molecular weight excluding hydrogens is 307 g/mol. The summed E-state index contributed by atoms with van der Waals surface area (Å²) in [5.41, 5.74) is 1.18. The molecule has 118 valence electrons. The lowest BCUT2D eigenvalue weighted by Crippen LogP contribution is -2.23. The molecule has 0 amide bonds. The van der Waals surface area contributed by atoms with Crippen LogP contribution < -0.4 is 0 Å². The number of hydrogen-bond donors (Lipinski definition) is 1. The Morgan fingerprint density at radius 2 is 1.68 bits per heavy atom. The van der Waals surface area contributed by atoms with E-state index in [9.17, 15) is 17.9 Å². The third kappa shape index (κ3) is 4.13. The number of benzene rings is 2. The molecule has 0 aromatic heterocycles. The number of aliphatic hydroxyl groups excluding tert-OH is 1. The minimum atomic E-state index is -4.01. The Morgan fingerprint density at radius 3 is 2.27 bits per heavy atom. The van der Waals surface area contributed by atoms with Gasteiger partial charge in [-0.05, 0) is 24.6 Å². The molecule has 2 aromatic carbocycles. The zero-order valence-corrected chi connectivity index (χ0v) is 12.8. The molecule has 2 atom stereocenters. The van der Waals surface area contributed by atoms with Crippen LogP contribution in [0.25, 0.3) is 0 Å². The second-order valence-electron chi connectivity index (χ2n) is 4.93. The van der Waals surface area contributed by atoms with Crippen LogP contribution in [0.1, 0.15) is 17.3 Å². The molecule has 0 fully saturated rings. The predicted molar refractivity (Wildman–Crippen MR) is 80.6 cm³/mol. The van der Waals surface area contributed by atoms with Gasteiger partial charge in [0.1, 0.15) is 6.10 Å². The number of aliphatic hydroxyl groups is 1. The Bertz CT molecular complexity index is 699. The van der Waals surface area contributed by atoms with Gasteiger partial charge in [0.15, 0.2) is 6.17 Å². The number of aryl methyl sites for hydroxylation is 1. The first-order valence-corrected chi connectivity index (χ1v) is 8.14. The van der Waals surface area contributed by atoms with Gasteiger partial charge in [0.2, 0.25) is 0 Å². The molecule has 0 heterocycles. The van der Waals surface area contributed by atoms with Crippen LogP contribution in [0.2, 0.25) is 0 Å². The molecule has 1 N–H and O–H groups in total. The average Bonchev–Trinajstić information content (AvgIpc) is 2.53. The van der Waals surface area contributed by atoms with Crippen LogP contribution in [-0.2, 0) is 14.3 Å². The van der Waals surface area contributed by atoms with E-state index in [2.05, 4.69) is 0 Å². The van der Waals surface area contributed by atoms with Gasteiger partial charge in [0.25, 0.3) is 10.1 Å². The molecule has 22 heavy (non-hydrogen) atoms. The summed E-state index contributed by atoms with van der Waals surface area (Å²) in [5, 5.41) is 9.76. The highest BCUT2D eigenvalue weighted by Crippen LogP contribution is 2.22. The van der Waals surface area contributed by atoms with Crippen molar-refractivity contribution in [1.29, 1.82) is 0 Å². The molecule has 6 heteroatoms. The van der Waals surface area contributed by atoms with Gasteiger partial charge >= 0.3 is 0 Å². The van der Waals surface area contributed by atoms with Crippen molar-refractivity contribution in [3.05, 3.63) is 65.7 Å². The summed E-state index contributed by atoms with van der Waals surface area (Å²) in [6, 6.07) is 14.1. The lowest BCUT2D eigenvalue weighted by atomic mass is 10.1. The lowest BCUT2D eigenvalue weighted by molar-refractivity contribution is 0.0384. The van der Waals surface area contributed by atoms with Crippen molar-refractivity contribution in [3.8, 4) is 0 Å². The van der Waals surface area contributed by atoms with Crippen LogP contribution in [0.3, 0.4) is 0 Å². The maximum absolute atomic E-state index is 14.0. The second kappa shape index (κ2) is 7.00. The molecule has 2 unspecified atom stereocenters. The van der Waals surface area contributed by atoms with E-state index in [0.717, 1.165) is 5.56 Å². The number of alkyl halides is 1. The zero-order chi connectivity index (χ0) is 16.2. The van der Waals surface area contributed by atoms with E-state index >= 15 is 0 Å². The van der Waals surface area contributed by atoms with Crippen LogP contribution >= 0.6 is 0 Å². The first kappa shape index (κ1) is 16.6. The standard InChI is InChI=1S/C16H17FO4S/c1-12-7-9-14(10-8-12)22(19,20)21-11-15(18)16(17)13-5-3-2-4-6-13/h2-10,15-16,18H,11H2,1H3. The van der Waals surface area contributed by atoms with Gasteiger partial charge < -0.3 is 5.11 Å². The van der Waals surface area contributed by atoms with Crippen molar-refractivity contribution in [3.63, 3.8) is 0 Å². The quantitative estimate of drug-likeness (QED) is 0.830. The Hall–Kier alpha value is -1.76. The Kier molecular flexibility index (Phi) is 5.28. The molecule has 0 spiro atoms. The van der Waals surface area contributed by atoms with Crippen LogP contribution in [0.4, 0.5) is 4.39 Å². The van der Waals surface area contributed by atoms with Crippen LogP contribution in [0.5, 0.6) is 0 Å². The number of rotatable bonds is 6. The van der Waals surface area contributed by atoms with Gasteiger partial charge in [-0.25, -0.2) is 4.39 Å². The molecule has 0 bridgehead atoms. The third-order valence-electron chi connectivity index (χ3n) is 3.16. The molecule has 0 aliphatic heterocycles. The highest BCUT2D eigenvalue weighted by Gasteiger charge is 2.24. The summed E-state index contributed by atoms with van der Waals surface area (Å²) in [6.45, 7) is 1.18. The molecule has 0 radical (unpaired) electrons. The first-order chi connectivity index (χ1) is 10.4. The van der Waals surface area contributed by atoms with E-state index in [1.807, 2.05) is 6.92 Å². The Labute approximate surface area is 129 Å². The summed E-state index contributed by atoms with van der Waals surface area (Å²) in [4.78, 5) is -0.0274. The molecule has 0 saturated carbocycles. The van der Waals surface area contributed by atoms with Crippen molar-refractivity contribution in [2.24, 2.45) is 0 Å². The number of hydrogen-bond acceptors (Lipinski definition) is 4. The largest absolute Gasteiger partial charge is 0.387 e. The summed E-state index contributed by atoms with van der Waals surface area (Å²) >= 11 is 0. The van der Waals surface area contributed by atoms with E-state index in [4.69, 9.17) is 4.18 Å². The fourth-order valence-electron chi connectivity index (χ4n) is 1.88. The molecule has 2 rings (SSSR count). The Morgan fingerprint density at radius 1 is 1.09 bits per heavy atom. The minimum Gasteiger partial charge on any atom is -0.387 e. The average molecular weight is 324 g/mol. The van der Waals surface area contributed by atoms with E-state index in [1.165, 1.54) is 24.3 Å². The number of halogens is 1. The van der Waals surface area contributed by atoms with Crippen LogP contribution in [0.15, 0.2) is 59.5 Å². The monoisotopic (exact) mass is 324 g/mol. The minimum absolute atomic E-state index is 0.0274. The topological polar surface area (TPSA) is 63.6 Å². The van der Waals surface area contributed by atoms with Crippen molar-refractivity contribution >= 4 is 10.1 Å². The molecular formula is C16H17FO4S. The van der Waals surface area contributed by atoms with Gasteiger partial charge in [-0.1, -0.05) is 48.0 Å². The third-order valence-corrected chi connectivity index (χ3v) is 4.46. The van der Waals surface area contributed by atoms with Gasteiger partial charge in [-0.15, -0.1) is 0 Å². The van der Waals surface area contributed by atoms with Gasteiger partial charge in [0, 0.05) is 0 Å². The SMILES string of the molecule is Cc1ccc(S(=O)(=O)OCC(O)C(F)c2ccccc2)cc1. The van der Waals surface area contributed by atoms with Crippen molar-refractivity contribution in [2.45, 2.75) is 24.1 Å². The van der Waals surface area contributed by atoms with Crippen LogP contribution in [-0.4, -0.2) is 26.2 Å². The maximum Gasteiger partial charge on any atom is 0.297 e. The summed E-state index contributed by atoms with van der Waals surface area (Å²) in [7, 11) is -4.01. The second-order valence-corrected chi connectivity index (χ2v) is 6.55. The van der Waals surface area contributed by atoms with E-state index in [-0.39, 0.29) is 10.5 Å². The van der Waals surface area contributed by atoms with Crippen molar-refractivity contribution in [2.75, 3.05) is 6.61 Å². The molecule has 2 aromatic rings. The fraction of sp³-hybridized carbons (Fsp3) is 0.250. The first-order valence-electron chi connectivity index (χ1n) is 6.73. The Balaban J connectivity index is 2.01. The molecule has 4 nitrogen and oxygen atoms in total. The van der Waals surface area contributed by atoms with Gasteiger partial charge in [-0.2, -0.15) is 8.42 Å². The lowest BCUT2D eigenvalue weighted by Gasteiger charge is -2.16. The van der Waals surface area contributed by atoms with E-state index in [1.54, 1.807) is 30.3 Å². The highest BCUT2D eigenvalue weighted by atomic mass is 32.2. The fourth-order valence-corrected chi connectivity index (χ4v) is 2.80. The molecule has 0 aliphatic rings. The summed E-state index contributed by atoms with van der Waals surface area (Å²) in [5.74, 6) is 0. The smallest absolute Gasteiger partial charge is 0.297 e. The van der Waals surface area contributed by atoms with Gasteiger partial charge in [-0.3, -0.25) is 4.18 Å². The molecule has 0 saturated heterocycles. The molecule has 0 aliphatic carbocycles. The van der Waals surface area contributed by atoms with Crippen molar-refractivity contribution in [1.82, 2.24) is 0 Å². The normalized spacial score (nSPS) is 14.5. The van der Waals surface area contributed by atoms with Gasteiger partial charge in [0.05, 0.1) is 11.5 Å². The zero-order valence-electron chi connectivity index (χ0n) is 12.0. The highest BCUT2D eigenvalue weighted by molar-refractivity contribution is 7.86. The van der Waals surface area contributed by atoms with E-state index < -0.39 is 29.0 Å². The predicted octanol–water partition coefficient (Wildman–Crippen LogP) is 2.77. The summed E-state index contributed by atoms with van der Waals surface area (Å²) < 4.78 is 42.7. The van der Waals surface area contributed by atoms with Crippen molar-refractivity contribution < 1.29 is 22.1 Å².